The molecule has 1 saturated carbocycles. The van der Waals surface area contributed by atoms with Crippen LogP contribution in [-0.2, 0) is 0 Å². The van der Waals surface area contributed by atoms with Crippen molar-refractivity contribution in [2.75, 3.05) is 5.32 Å². The number of aromatic nitrogens is 2. The highest BCUT2D eigenvalue weighted by atomic mass is 15.2. The molecule has 1 unspecified atom stereocenters. The van der Waals surface area contributed by atoms with Gasteiger partial charge in [-0.15, -0.1) is 0 Å². The third kappa shape index (κ3) is 1.51. The second-order valence-corrected chi connectivity index (χ2v) is 4.83. The van der Waals surface area contributed by atoms with Gasteiger partial charge in [0.15, 0.2) is 0 Å². The van der Waals surface area contributed by atoms with Gasteiger partial charge < -0.3 is 5.32 Å². The molecule has 0 aromatic carbocycles. The van der Waals surface area contributed by atoms with Crippen molar-refractivity contribution in [3.8, 4) is 0 Å². The maximum Gasteiger partial charge on any atom is 0.0825 e. The SMILES string of the molecule is Cc1n[nH]c(C)c1NC(C)C1(C)CC1. The van der Waals surface area contributed by atoms with Crippen LogP contribution in [0.3, 0.4) is 0 Å². The average molecular weight is 193 g/mol. The van der Waals surface area contributed by atoms with Crippen molar-refractivity contribution in [2.45, 2.75) is 46.6 Å². The van der Waals surface area contributed by atoms with Gasteiger partial charge in [0.2, 0.25) is 0 Å². The van der Waals surface area contributed by atoms with Gasteiger partial charge in [-0.3, -0.25) is 5.10 Å². The lowest BCUT2D eigenvalue weighted by Crippen LogP contribution is -2.25. The van der Waals surface area contributed by atoms with Gasteiger partial charge in [0, 0.05) is 6.04 Å². The largest absolute Gasteiger partial charge is 0.379 e. The fraction of sp³-hybridized carbons (Fsp3) is 0.727. The van der Waals surface area contributed by atoms with Gasteiger partial charge in [0.25, 0.3) is 0 Å². The number of aromatic amines is 1. The van der Waals surface area contributed by atoms with Crippen molar-refractivity contribution in [3.63, 3.8) is 0 Å². The smallest absolute Gasteiger partial charge is 0.0825 e. The number of hydrogen-bond acceptors (Lipinski definition) is 2. The molecule has 0 spiro atoms. The molecule has 14 heavy (non-hydrogen) atoms. The minimum absolute atomic E-state index is 0.510. The quantitative estimate of drug-likeness (QED) is 0.774. The Morgan fingerprint density at radius 3 is 2.50 bits per heavy atom. The van der Waals surface area contributed by atoms with E-state index in [1.54, 1.807) is 0 Å². The first kappa shape index (κ1) is 9.56. The van der Waals surface area contributed by atoms with E-state index >= 15 is 0 Å². The molecule has 1 heterocycles. The molecule has 0 radical (unpaired) electrons. The zero-order chi connectivity index (χ0) is 10.3. The Morgan fingerprint density at radius 1 is 1.43 bits per heavy atom. The lowest BCUT2D eigenvalue weighted by molar-refractivity contribution is 0.493. The van der Waals surface area contributed by atoms with Crippen LogP contribution in [-0.4, -0.2) is 16.2 Å². The average Bonchev–Trinajstić information content (AvgIpc) is 2.82. The summed E-state index contributed by atoms with van der Waals surface area (Å²) in [5.41, 5.74) is 3.90. The number of H-pyrrole nitrogens is 1. The maximum absolute atomic E-state index is 4.18. The van der Waals surface area contributed by atoms with Crippen molar-refractivity contribution in [1.29, 1.82) is 0 Å². The Morgan fingerprint density at radius 2 is 2.07 bits per heavy atom. The van der Waals surface area contributed by atoms with Crippen LogP contribution in [0.5, 0.6) is 0 Å². The van der Waals surface area contributed by atoms with Crippen molar-refractivity contribution in [1.82, 2.24) is 10.2 Å². The topological polar surface area (TPSA) is 40.7 Å². The number of aryl methyl sites for hydroxylation is 2. The summed E-state index contributed by atoms with van der Waals surface area (Å²) >= 11 is 0. The van der Waals surface area contributed by atoms with Gasteiger partial charge in [-0.25, -0.2) is 0 Å². The van der Waals surface area contributed by atoms with Gasteiger partial charge in [-0.05, 0) is 39.0 Å². The highest BCUT2D eigenvalue weighted by molar-refractivity contribution is 5.52. The van der Waals surface area contributed by atoms with E-state index in [1.807, 2.05) is 6.92 Å². The van der Waals surface area contributed by atoms with Gasteiger partial charge in [0.1, 0.15) is 0 Å². The van der Waals surface area contributed by atoms with Gasteiger partial charge >= 0.3 is 0 Å². The molecule has 3 nitrogen and oxygen atoms in total. The third-order valence-electron chi connectivity index (χ3n) is 3.57. The van der Waals surface area contributed by atoms with E-state index in [1.165, 1.54) is 18.5 Å². The lowest BCUT2D eigenvalue weighted by Gasteiger charge is -2.21. The van der Waals surface area contributed by atoms with Crippen LogP contribution in [0.4, 0.5) is 5.69 Å². The highest BCUT2D eigenvalue weighted by Crippen LogP contribution is 2.49. The normalized spacial score (nSPS) is 20.6. The molecule has 1 fully saturated rings. The van der Waals surface area contributed by atoms with Crippen LogP contribution >= 0.6 is 0 Å². The molecule has 0 saturated heterocycles. The molecule has 0 bridgehead atoms. The first-order valence-electron chi connectivity index (χ1n) is 5.31. The Bertz CT molecular complexity index is 317. The van der Waals surface area contributed by atoms with E-state index in [-0.39, 0.29) is 0 Å². The Balaban J connectivity index is 2.10. The summed E-state index contributed by atoms with van der Waals surface area (Å²) in [6, 6.07) is 0.539. The van der Waals surface area contributed by atoms with E-state index in [0.717, 1.165) is 11.4 Å². The van der Waals surface area contributed by atoms with Gasteiger partial charge in [-0.2, -0.15) is 5.10 Å². The molecule has 1 aromatic rings. The second kappa shape index (κ2) is 3.01. The van der Waals surface area contributed by atoms with Crippen LogP contribution in [0.15, 0.2) is 0 Å². The van der Waals surface area contributed by atoms with E-state index in [4.69, 9.17) is 0 Å². The zero-order valence-corrected chi connectivity index (χ0v) is 9.44. The van der Waals surface area contributed by atoms with Gasteiger partial charge in [-0.1, -0.05) is 6.92 Å². The summed E-state index contributed by atoms with van der Waals surface area (Å²) in [6.45, 7) is 8.70. The van der Waals surface area contributed by atoms with E-state index < -0.39 is 0 Å². The molecule has 1 aliphatic rings. The summed E-state index contributed by atoms with van der Waals surface area (Å²) in [5, 5.41) is 10.8. The maximum atomic E-state index is 4.18. The molecule has 0 amide bonds. The number of nitrogens with one attached hydrogen (secondary N) is 2. The summed E-state index contributed by atoms with van der Waals surface area (Å²) < 4.78 is 0. The molecule has 1 atom stereocenters. The molecular formula is C11H19N3. The monoisotopic (exact) mass is 193 g/mol. The highest BCUT2D eigenvalue weighted by Gasteiger charge is 2.42. The number of anilines is 1. The van der Waals surface area contributed by atoms with Gasteiger partial charge in [0.05, 0.1) is 17.1 Å². The number of hydrogen-bond donors (Lipinski definition) is 2. The van der Waals surface area contributed by atoms with Crippen LogP contribution < -0.4 is 5.32 Å². The Labute approximate surface area is 85.3 Å². The van der Waals surface area contributed by atoms with Crippen molar-refractivity contribution < 1.29 is 0 Å². The molecule has 2 rings (SSSR count). The number of rotatable bonds is 3. The Kier molecular flexibility index (Phi) is 2.05. The number of nitrogens with zero attached hydrogens (tertiary/aromatic N) is 1. The summed E-state index contributed by atoms with van der Waals surface area (Å²) in [7, 11) is 0. The first-order chi connectivity index (χ1) is 6.53. The molecule has 3 heteroatoms. The summed E-state index contributed by atoms with van der Waals surface area (Å²) in [4.78, 5) is 0. The summed E-state index contributed by atoms with van der Waals surface area (Å²) in [5.74, 6) is 0. The van der Waals surface area contributed by atoms with Crippen molar-refractivity contribution in [3.05, 3.63) is 11.4 Å². The third-order valence-corrected chi connectivity index (χ3v) is 3.57. The predicted octanol–water partition coefficient (Wildman–Crippen LogP) is 2.63. The first-order valence-corrected chi connectivity index (χ1v) is 5.31. The van der Waals surface area contributed by atoms with E-state index in [0.29, 0.717) is 11.5 Å². The second-order valence-electron chi connectivity index (χ2n) is 4.83. The van der Waals surface area contributed by atoms with Crippen LogP contribution in [0.2, 0.25) is 0 Å². The molecule has 0 aliphatic heterocycles. The molecular weight excluding hydrogens is 174 g/mol. The molecule has 1 aliphatic carbocycles. The molecule has 78 valence electrons. The van der Waals surface area contributed by atoms with Crippen molar-refractivity contribution in [2.24, 2.45) is 5.41 Å². The molecule has 1 aromatic heterocycles. The van der Waals surface area contributed by atoms with Crippen LogP contribution in [0, 0.1) is 19.3 Å². The van der Waals surface area contributed by atoms with Crippen molar-refractivity contribution >= 4 is 5.69 Å². The fourth-order valence-electron chi connectivity index (χ4n) is 1.78. The summed E-state index contributed by atoms with van der Waals surface area (Å²) in [6.07, 6.45) is 2.69. The fourth-order valence-corrected chi connectivity index (χ4v) is 1.78. The van der Waals surface area contributed by atoms with E-state index in [9.17, 15) is 0 Å². The Hall–Kier alpha value is -0.990. The predicted molar refractivity (Wildman–Crippen MR) is 58.5 cm³/mol. The van der Waals surface area contributed by atoms with Crippen LogP contribution in [0.25, 0.3) is 0 Å². The van der Waals surface area contributed by atoms with Crippen LogP contribution in [0.1, 0.15) is 38.1 Å². The zero-order valence-electron chi connectivity index (χ0n) is 9.44. The molecule has 2 N–H and O–H groups in total. The van der Waals surface area contributed by atoms with E-state index in [2.05, 4.69) is 36.3 Å². The minimum Gasteiger partial charge on any atom is -0.379 e. The minimum atomic E-state index is 0.510. The lowest BCUT2D eigenvalue weighted by atomic mass is 10.0. The standard InChI is InChI=1S/C11H19N3/c1-7-10(8(2)14-13-7)12-9(3)11(4)5-6-11/h9,12H,5-6H2,1-4H3,(H,13,14).